The van der Waals surface area contributed by atoms with Crippen molar-refractivity contribution in [2.75, 3.05) is 30.9 Å². The molecule has 3 rings (SSSR count). The number of imide groups is 1. The summed E-state index contributed by atoms with van der Waals surface area (Å²) in [6, 6.07) is 11.3. The molecule has 2 aromatic carbocycles. The summed E-state index contributed by atoms with van der Waals surface area (Å²) in [6.07, 6.45) is 0.539. The van der Waals surface area contributed by atoms with Crippen LogP contribution in [0.25, 0.3) is 0 Å². The van der Waals surface area contributed by atoms with Gasteiger partial charge in [-0.2, -0.15) is 0 Å². The van der Waals surface area contributed by atoms with Crippen molar-refractivity contribution < 1.29 is 23.9 Å². The van der Waals surface area contributed by atoms with Crippen LogP contribution in [0, 0.1) is 5.41 Å². The molecule has 0 atom stereocenters. The highest BCUT2D eigenvalue weighted by molar-refractivity contribution is 6.22. The van der Waals surface area contributed by atoms with E-state index in [0.29, 0.717) is 24.4 Å². The van der Waals surface area contributed by atoms with Crippen LogP contribution in [0.1, 0.15) is 58.3 Å². The normalized spacial score (nSPS) is 13.2. The lowest BCUT2D eigenvalue weighted by Crippen LogP contribution is -2.31. The summed E-state index contributed by atoms with van der Waals surface area (Å²) < 4.78 is 4.98. The fourth-order valence-corrected chi connectivity index (χ4v) is 3.20. The quantitative estimate of drug-likeness (QED) is 0.509. The first-order valence-electron chi connectivity index (χ1n) is 10.3. The zero-order valence-corrected chi connectivity index (χ0v) is 18.7. The van der Waals surface area contributed by atoms with Crippen LogP contribution < -0.4 is 10.6 Å². The first-order valence-corrected chi connectivity index (χ1v) is 10.3. The van der Waals surface area contributed by atoms with Crippen LogP contribution >= 0.6 is 0 Å². The van der Waals surface area contributed by atoms with Gasteiger partial charge >= 0.3 is 0 Å². The third-order valence-electron chi connectivity index (χ3n) is 5.02. The molecule has 0 aliphatic carbocycles. The molecule has 2 aromatic rings. The monoisotopic (exact) mass is 437 g/mol. The lowest BCUT2D eigenvalue weighted by molar-refractivity contribution is -0.123. The highest BCUT2D eigenvalue weighted by atomic mass is 16.5. The Morgan fingerprint density at radius 3 is 2.25 bits per heavy atom. The number of carbonyl (C=O) groups is 4. The molecule has 168 valence electrons. The van der Waals surface area contributed by atoms with Crippen LogP contribution in [0.15, 0.2) is 42.5 Å². The van der Waals surface area contributed by atoms with Crippen molar-refractivity contribution >= 4 is 35.0 Å². The molecule has 1 aliphatic heterocycles. The fraction of sp³-hybridized carbons (Fsp3) is 0.333. The highest BCUT2D eigenvalue weighted by Crippen LogP contribution is 2.25. The summed E-state index contributed by atoms with van der Waals surface area (Å²) in [5.74, 6) is -1.35. The molecule has 0 unspecified atom stereocenters. The van der Waals surface area contributed by atoms with Crippen molar-refractivity contribution in [3.05, 3.63) is 59.2 Å². The largest absolute Gasteiger partial charge is 0.385 e. The fourth-order valence-electron chi connectivity index (χ4n) is 3.20. The number of anilines is 2. The average molecular weight is 437 g/mol. The van der Waals surface area contributed by atoms with E-state index in [1.807, 2.05) is 20.8 Å². The number of ether oxygens (including phenoxy) is 1. The van der Waals surface area contributed by atoms with Gasteiger partial charge in [0.25, 0.3) is 17.7 Å². The molecule has 1 aliphatic rings. The number of amides is 4. The van der Waals surface area contributed by atoms with Gasteiger partial charge in [-0.3, -0.25) is 24.1 Å². The number of fused-ring (bicyclic) bond motifs is 1. The van der Waals surface area contributed by atoms with Gasteiger partial charge in [0.05, 0.1) is 11.1 Å². The summed E-state index contributed by atoms with van der Waals surface area (Å²) in [7, 11) is 1.56. The van der Waals surface area contributed by atoms with Crippen LogP contribution in [0.3, 0.4) is 0 Å². The third-order valence-corrected chi connectivity index (χ3v) is 5.02. The number of hydrogen-bond donors (Lipinski definition) is 2. The second-order valence-electron chi connectivity index (χ2n) is 8.61. The van der Waals surface area contributed by atoms with E-state index in [9.17, 15) is 19.2 Å². The minimum atomic E-state index is -0.551. The van der Waals surface area contributed by atoms with Crippen molar-refractivity contribution in [3.63, 3.8) is 0 Å². The Bertz CT molecular complexity index is 1070. The van der Waals surface area contributed by atoms with E-state index >= 15 is 0 Å². The molecular formula is C24H27N3O5. The topological polar surface area (TPSA) is 105 Å². The van der Waals surface area contributed by atoms with Gasteiger partial charge in [-0.25, -0.2) is 0 Å². The number of benzene rings is 2. The molecule has 0 saturated heterocycles. The Balaban J connectivity index is 1.73. The zero-order valence-electron chi connectivity index (χ0n) is 18.7. The molecule has 0 aromatic heterocycles. The highest BCUT2D eigenvalue weighted by Gasteiger charge is 2.35. The van der Waals surface area contributed by atoms with E-state index in [0.717, 1.165) is 0 Å². The minimum absolute atomic E-state index is 0.141. The molecule has 2 N–H and O–H groups in total. The molecule has 1 heterocycles. The maximum absolute atomic E-state index is 12.8. The van der Waals surface area contributed by atoms with Crippen LogP contribution in [-0.2, 0) is 9.53 Å². The molecule has 0 radical (unpaired) electrons. The van der Waals surface area contributed by atoms with Gasteiger partial charge in [0.15, 0.2) is 0 Å². The molecule has 0 bridgehead atoms. The summed E-state index contributed by atoms with van der Waals surface area (Å²) in [5, 5.41) is 5.58. The molecule has 0 saturated carbocycles. The van der Waals surface area contributed by atoms with Crippen molar-refractivity contribution in [3.8, 4) is 0 Å². The van der Waals surface area contributed by atoms with Crippen LogP contribution in [0.2, 0.25) is 0 Å². The van der Waals surface area contributed by atoms with Gasteiger partial charge in [-0.15, -0.1) is 0 Å². The lowest BCUT2D eigenvalue weighted by atomic mass is 9.95. The van der Waals surface area contributed by atoms with Crippen molar-refractivity contribution in [1.29, 1.82) is 0 Å². The predicted octanol–water partition coefficient (Wildman–Crippen LogP) is 3.56. The molecule has 0 spiro atoms. The molecular weight excluding hydrogens is 410 g/mol. The number of carbonyl (C=O) groups excluding carboxylic acids is 4. The van der Waals surface area contributed by atoms with E-state index in [1.54, 1.807) is 31.4 Å². The molecule has 32 heavy (non-hydrogen) atoms. The predicted molar refractivity (Wildman–Crippen MR) is 121 cm³/mol. The Morgan fingerprint density at radius 1 is 0.938 bits per heavy atom. The summed E-state index contributed by atoms with van der Waals surface area (Å²) in [4.78, 5) is 51.3. The maximum atomic E-state index is 12.8. The summed E-state index contributed by atoms with van der Waals surface area (Å²) in [6.45, 7) is 6.14. The Morgan fingerprint density at radius 2 is 1.59 bits per heavy atom. The number of nitrogens with one attached hydrogen (secondary N) is 2. The van der Waals surface area contributed by atoms with E-state index in [-0.39, 0.29) is 35.0 Å². The Hall–Kier alpha value is -3.52. The van der Waals surface area contributed by atoms with Crippen LogP contribution in [-0.4, -0.2) is 48.8 Å². The zero-order chi connectivity index (χ0) is 23.5. The molecule has 4 amide bonds. The van der Waals surface area contributed by atoms with E-state index in [1.165, 1.54) is 23.1 Å². The SMILES string of the molecule is COCCCN1C(=O)c2ccc(C(=O)Nc3cccc(NC(=O)C(C)(C)C)c3)cc2C1=O. The van der Waals surface area contributed by atoms with Crippen LogP contribution in [0.5, 0.6) is 0 Å². The van der Waals surface area contributed by atoms with Gasteiger partial charge in [0, 0.05) is 42.6 Å². The number of hydrogen-bond acceptors (Lipinski definition) is 5. The van der Waals surface area contributed by atoms with E-state index in [4.69, 9.17) is 4.74 Å². The minimum Gasteiger partial charge on any atom is -0.385 e. The van der Waals surface area contributed by atoms with E-state index in [2.05, 4.69) is 10.6 Å². The third kappa shape index (κ3) is 5.03. The number of nitrogens with zero attached hydrogens (tertiary/aromatic N) is 1. The van der Waals surface area contributed by atoms with Gasteiger partial charge in [0.2, 0.25) is 5.91 Å². The average Bonchev–Trinajstić information content (AvgIpc) is 2.98. The second kappa shape index (κ2) is 9.32. The van der Waals surface area contributed by atoms with Gasteiger partial charge < -0.3 is 15.4 Å². The van der Waals surface area contributed by atoms with Crippen molar-refractivity contribution in [2.24, 2.45) is 5.41 Å². The Labute approximate surface area is 186 Å². The van der Waals surface area contributed by atoms with Crippen LogP contribution in [0.4, 0.5) is 11.4 Å². The van der Waals surface area contributed by atoms with Crippen molar-refractivity contribution in [2.45, 2.75) is 27.2 Å². The molecule has 8 heteroatoms. The lowest BCUT2D eigenvalue weighted by Gasteiger charge is -2.18. The maximum Gasteiger partial charge on any atom is 0.261 e. The smallest absolute Gasteiger partial charge is 0.261 e. The first kappa shape index (κ1) is 23.1. The summed E-state index contributed by atoms with van der Waals surface area (Å²) in [5.41, 5.74) is 1.26. The van der Waals surface area contributed by atoms with E-state index < -0.39 is 17.2 Å². The standard InChI is InChI=1S/C24H27N3O5/c1-24(2,3)23(31)26-17-8-5-7-16(14-17)25-20(28)15-9-10-18-19(13-15)22(30)27(21(18)29)11-6-12-32-4/h5,7-10,13-14H,6,11-12H2,1-4H3,(H,25,28)(H,26,31). The molecule has 8 nitrogen and oxygen atoms in total. The van der Waals surface area contributed by atoms with Gasteiger partial charge in [-0.05, 0) is 42.8 Å². The first-order chi connectivity index (χ1) is 15.1. The summed E-state index contributed by atoms with van der Waals surface area (Å²) >= 11 is 0. The molecule has 0 fully saturated rings. The second-order valence-corrected chi connectivity index (χ2v) is 8.61. The number of methoxy groups -OCH3 is 1. The number of rotatable bonds is 7. The Kier molecular flexibility index (Phi) is 6.74. The van der Waals surface area contributed by atoms with Crippen molar-refractivity contribution in [1.82, 2.24) is 4.90 Å². The van der Waals surface area contributed by atoms with Gasteiger partial charge in [-0.1, -0.05) is 26.8 Å². The van der Waals surface area contributed by atoms with Gasteiger partial charge in [0.1, 0.15) is 0 Å².